The molecular formula is C17H27N3O. The van der Waals surface area contributed by atoms with Gasteiger partial charge in [0.25, 0.3) is 0 Å². The van der Waals surface area contributed by atoms with Crippen LogP contribution in [0.5, 0.6) is 0 Å². The first-order chi connectivity index (χ1) is 10.1. The molecule has 0 heterocycles. The lowest BCUT2D eigenvalue weighted by Gasteiger charge is -2.24. The largest absolute Gasteiger partial charge is 0.296 e. The third-order valence-corrected chi connectivity index (χ3v) is 4.06. The lowest BCUT2D eigenvalue weighted by atomic mass is 10.0. The van der Waals surface area contributed by atoms with Crippen LogP contribution in [0.2, 0.25) is 0 Å². The summed E-state index contributed by atoms with van der Waals surface area (Å²) in [6.45, 7) is 6.61. The van der Waals surface area contributed by atoms with E-state index in [0.717, 1.165) is 30.6 Å². The molecule has 4 heteroatoms. The summed E-state index contributed by atoms with van der Waals surface area (Å²) in [5.41, 5.74) is 4.54. The maximum atomic E-state index is 11.5. The Kier molecular flexibility index (Phi) is 5.76. The van der Waals surface area contributed by atoms with E-state index in [1.54, 1.807) is 0 Å². The van der Waals surface area contributed by atoms with E-state index in [1.165, 1.54) is 24.8 Å². The van der Waals surface area contributed by atoms with E-state index in [4.69, 9.17) is 5.84 Å². The Morgan fingerprint density at radius 3 is 2.57 bits per heavy atom. The molecule has 1 amide bonds. The van der Waals surface area contributed by atoms with Crippen LogP contribution in [0.25, 0.3) is 0 Å². The molecular weight excluding hydrogens is 262 g/mol. The zero-order chi connectivity index (χ0) is 15.2. The third-order valence-electron chi connectivity index (χ3n) is 4.06. The monoisotopic (exact) mass is 289 g/mol. The first-order valence-electron chi connectivity index (χ1n) is 7.90. The maximum absolute atomic E-state index is 11.5. The third kappa shape index (κ3) is 5.14. The van der Waals surface area contributed by atoms with Gasteiger partial charge in [-0.1, -0.05) is 38.1 Å². The van der Waals surface area contributed by atoms with E-state index in [1.807, 2.05) is 18.2 Å². The number of hydrazine groups is 1. The molecule has 3 N–H and O–H groups in total. The van der Waals surface area contributed by atoms with Crippen LogP contribution in [0.4, 0.5) is 0 Å². The molecule has 1 aromatic rings. The molecule has 1 aliphatic rings. The van der Waals surface area contributed by atoms with Crippen molar-refractivity contribution in [3.8, 4) is 0 Å². The number of benzene rings is 1. The molecule has 0 aromatic heterocycles. The first kappa shape index (κ1) is 16.0. The second kappa shape index (κ2) is 7.57. The van der Waals surface area contributed by atoms with Crippen molar-refractivity contribution < 1.29 is 4.79 Å². The minimum Gasteiger partial charge on any atom is -0.296 e. The van der Waals surface area contributed by atoms with Crippen LogP contribution in [0.3, 0.4) is 0 Å². The fourth-order valence-electron chi connectivity index (χ4n) is 2.58. The van der Waals surface area contributed by atoms with Gasteiger partial charge >= 0.3 is 0 Å². The van der Waals surface area contributed by atoms with Crippen molar-refractivity contribution in [2.75, 3.05) is 6.54 Å². The van der Waals surface area contributed by atoms with Crippen molar-refractivity contribution in [3.63, 3.8) is 0 Å². The molecule has 116 valence electrons. The average Bonchev–Trinajstić information content (AvgIpc) is 3.29. The maximum Gasteiger partial charge on any atom is 0.238 e. The zero-order valence-corrected chi connectivity index (χ0v) is 13.1. The number of nitrogens with two attached hydrogens (primary N) is 1. The second-order valence-corrected chi connectivity index (χ2v) is 6.40. The number of carbonyl (C=O) groups is 1. The summed E-state index contributed by atoms with van der Waals surface area (Å²) >= 11 is 0. The SMILES string of the molecule is CC(C)CCN(Cc1ccccc1CC(=O)NN)C1CC1. The van der Waals surface area contributed by atoms with E-state index in [9.17, 15) is 4.79 Å². The Morgan fingerprint density at radius 2 is 2.00 bits per heavy atom. The molecule has 0 saturated heterocycles. The van der Waals surface area contributed by atoms with Gasteiger partial charge in [-0.2, -0.15) is 0 Å². The summed E-state index contributed by atoms with van der Waals surface area (Å²) in [6, 6.07) is 8.92. The van der Waals surface area contributed by atoms with Gasteiger partial charge in [-0.05, 0) is 42.9 Å². The van der Waals surface area contributed by atoms with Gasteiger partial charge in [0.15, 0.2) is 0 Å². The van der Waals surface area contributed by atoms with Gasteiger partial charge in [0.2, 0.25) is 5.91 Å². The number of hydrogen-bond acceptors (Lipinski definition) is 3. The van der Waals surface area contributed by atoms with Gasteiger partial charge in [0.1, 0.15) is 0 Å². The fraction of sp³-hybridized carbons (Fsp3) is 0.588. The van der Waals surface area contributed by atoms with E-state index in [0.29, 0.717) is 6.42 Å². The topological polar surface area (TPSA) is 58.4 Å². The molecule has 0 atom stereocenters. The highest BCUT2D eigenvalue weighted by Gasteiger charge is 2.29. The van der Waals surface area contributed by atoms with E-state index < -0.39 is 0 Å². The summed E-state index contributed by atoms with van der Waals surface area (Å²) in [5.74, 6) is 5.79. The molecule has 0 bridgehead atoms. The predicted molar refractivity (Wildman–Crippen MR) is 85.4 cm³/mol. The number of carbonyl (C=O) groups excluding carboxylic acids is 1. The predicted octanol–water partition coefficient (Wildman–Crippen LogP) is 2.23. The summed E-state index contributed by atoms with van der Waals surface area (Å²) in [6.07, 6.45) is 4.20. The van der Waals surface area contributed by atoms with Gasteiger partial charge in [0.05, 0.1) is 6.42 Å². The van der Waals surface area contributed by atoms with Gasteiger partial charge in [-0.3, -0.25) is 15.1 Å². The summed E-state index contributed by atoms with van der Waals surface area (Å²) < 4.78 is 0. The Bertz CT molecular complexity index is 469. The van der Waals surface area contributed by atoms with Crippen molar-refractivity contribution >= 4 is 5.91 Å². The van der Waals surface area contributed by atoms with Crippen molar-refractivity contribution in [2.24, 2.45) is 11.8 Å². The molecule has 2 rings (SSSR count). The Morgan fingerprint density at radius 1 is 1.33 bits per heavy atom. The molecule has 4 nitrogen and oxygen atoms in total. The zero-order valence-electron chi connectivity index (χ0n) is 13.1. The Labute approximate surface area is 127 Å². The van der Waals surface area contributed by atoms with E-state index in [2.05, 4.69) is 30.2 Å². The van der Waals surface area contributed by atoms with Gasteiger partial charge in [-0.25, -0.2) is 5.84 Å². The lowest BCUT2D eigenvalue weighted by molar-refractivity contribution is -0.120. The highest BCUT2D eigenvalue weighted by molar-refractivity contribution is 5.78. The normalized spacial score (nSPS) is 14.7. The van der Waals surface area contributed by atoms with Crippen LogP contribution in [-0.4, -0.2) is 23.4 Å². The van der Waals surface area contributed by atoms with Gasteiger partial charge < -0.3 is 0 Å². The Hall–Kier alpha value is -1.39. The standard InChI is InChI=1S/C17H27N3O/c1-13(2)9-10-20(16-7-8-16)12-15-6-4-3-5-14(15)11-17(21)19-18/h3-6,13,16H,7-12,18H2,1-2H3,(H,19,21). The molecule has 1 aliphatic carbocycles. The van der Waals surface area contributed by atoms with Gasteiger partial charge in [-0.15, -0.1) is 0 Å². The number of hydrogen-bond donors (Lipinski definition) is 2. The number of rotatable bonds is 8. The van der Waals surface area contributed by atoms with E-state index in [-0.39, 0.29) is 5.91 Å². The number of nitrogens with one attached hydrogen (secondary N) is 1. The summed E-state index contributed by atoms with van der Waals surface area (Å²) in [7, 11) is 0. The molecule has 1 fully saturated rings. The minimum absolute atomic E-state index is 0.136. The highest BCUT2D eigenvalue weighted by Crippen LogP contribution is 2.29. The van der Waals surface area contributed by atoms with Crippen molar-refractivity contribution in [3.05, 3.63) is 35.4 Å². The van der Waals surface area contributed by atoms with Crippen molar-refractivity contribution in [1.29, 1.82) is 0 Å². The van der Waals surface area contributed by atoms with Crippen molar-refractivity contribution in [2.45, 2.75) is 52.1 Å². The quantitative estimate of drug-likeness (QED) is 0.438. The Balaban J connectivity index is 2.03. The fourth-order valence-corrected chi connectivity index (χ4v) is 2.58. The van der Waals surface area contributed by atoms with Crippen LogP contribution in [-0.2, 0) is 17.8 Å². The molecule has 1 aromatic carbocycles. The average molecular weight is 289 g/mol. The molecule has 0 spiro atoms. The minimum atomic E-state index is -0.136. The molecule has 0 radical (unpaired) electrons. The van der Waals surface area contributed by atoms with Gasteiger partial charge in [0, 0.05) is 12.6 Å². The molecule has 0 aliphatic heterocycles. The number of amides is 1. The first-order valence-corrected chi connectivity index (χ1v) is 7.90. The van der Waals surface area contributed by atoms with E-state index >= 15 is 0 Å². The van der Waals surface area contributed by atoms with Crippen LogP contribution in [0.15, 0.2) is 24.3 Å². The highest BCUT2D eigenvalue weighted by atomic mass is 16.2. The smallest absolute Gasteiger partial charge is 0.238 e. The number of nitrogens with zero attached hydrogens (tertiary/aromatic N) is 1. The van der Waals surface area contributed by atoms with Crippen LogP contribution < -0.4 is 11.3 Å². The van der Waals surface area contributed by atoms with Crippen LogP contribution in [0, 0.1) is 5.92 Å². The van der Waals surface area contributed by atoms with Crippen LogP contribution >= 0.6 is 0 Å². The molecule has 1 saturated carbocycles. The second-order valence-electron chi connectivity index (χ2n) is 6.40. The summed E-state index contributed by atoms with van der Waals surface area (Å²) in [5, 5.41) is 0. The van der Waals surface area contributed by atoms with Crippen molar-refractivity contribution in [1.82, 2.24) is 10.3 Å². The van der Waals surface area contributed by atoms with Crippen LogP contribution in [0.1, 0.15) is 44.2 Å². The summed E-state index contributed by atoms with van der Waals surface area (Å²) in [4.78, 5) is 14.1. The molecule has 21 heavy (non-hydrogen) atoms. The molecule has 0 unspecified atom stereocenters. The lowest BCUT2D eigenvalue weighted by Crippen LogP contribution is -2.32.